The second-order valence-electron chi connectivity index (χ2n) is 6.32. The fraction of sp³-hybridized carbons (Fsp3) is 0.333. The standard InChI is InChI=1S/C21H25N3O/c1-4-24(5-2)14-15-25-21-19-9-7-6-8-18(19)20(22-23-21)17-12-10-16(3)11-13-17/h6-13H,4-5,14-15H2,1-3H3/p+1. The van der Waals surface area contributed by atoms with Crippen molar-refractivity contribution in [2.24, 2.45) is 0 Å². The second-order valence-corrected chi connectivity index (χ2v) is 6.32. The molecule has 0 aliphatic heterocycles. The van der Waals surface area contributed by atoms with Crippen molar-refractivity contribution in [2.75, 3.05) is 26.2 Å². The maximum Gasteiger partial charge on any atom is 0.241 e. The molecule has 130 valence electrons. The number of hydrogen-bond acceptors (Lipinski definition) is 3. The number of fused-ring (bicyclic) bond motifs is 1. The predicted octanol–water partition coefficient (Wildman–Crippen LogP) is 2.91. The summed E-state index contributed by atoms with van der Waals surface area (Å²) in [5.74, 6) is 0.623. The highest BCUT2D eigenvalue weighted by molar-refractivity contribution is 5.96. The minimum Gasteiger partial charge on any atom is -0.470 e. The molecular formula is C21H26N3O+. The molecule has 3 rings (SSSR count). The zero-order chi connectivity index (χ0) is 17.6. The monoisotopic (exact) mass is 336 g/mol. The van der Waals surface area contributed by atoms with Crippen LogP contribution in [0.1, 0.15) is 19.4 Å². The van der Waals surface area contributed by atoms with Crippen LogP contribution in [0.5, 0.6) is 5.88 Å². The molecule has 0 bridgehead atoms. The van der Waals surface area contributed by atoms with E-state index in [0.717, 1.165) is 41.7 Å². The Morgan fingerprint density at radius 2 is 1.56 bits per heavy atom. The van der Waals surface area contributed by atoms with Gasteiger partial charge in [-0.2, -0.15) is 0 Å². The maximum absolute atomic E-state index is 5.97. The Morgan fingerprint density at radius 1 is 0.880 bits per heavy atom. The van der Waals surface area contributed by atoms with Gasteiger partial charge < -0.3 is 9.64 Å². The van der Waals surface area contributed by atoms with Crippen molar-refractivity contribution in [3.05, 3.63) is 54.1 Å². The highest BCUT2D eigenvalue weighted by Crippen LogP contribution is 2.30. The molecule has 0 saturated carbocycles. The van der Waals surface area contributed by atoms with Crippen molar-refractivity contribution in [3.8, 4) is 17.1 Å². The van der Waals surface area contributed by atoms with Crippen LogP contribution in [0.25, 0.3) is 22.0 Å². The third-order valence-corrected chi connectivity index (χ3v) is 4.67. The van der Waals surface area contributed by atoms with Gasteiger partial charge in [0.25, 0.3) is 0 Å². The van der Waals surface area contributed by atoms with Crippen molar-refractivity contribution in [3.63, 3.8) is 0 Å². The molecule has 0 unspecified atom stereocenters. The molecule has 0 aliphatic carbocycles. The van der Waals surface area contributed by atoms with E-state index in [1.807, 2.05) is 12.1 Å². The highest BCUT2D eigenvalue weighted by atomic mass is 16.5. The van der Waals surface area contributed by atoms with Crippen molar-refractivity contribution < 1.29 is 9.64 Å². The lowest BCUT2D eigenvalue weighted by atomic mass is 10.0. The Morgan fingerprint density at radius 3 is 2.24 bits per heavy atom. The van der Waals surface area contributed by atoms with Gasteiger partial charge in [0.05, 0.1) is 13.1 Å². The normalized spacial score (nSPS) is 11.2. The van der Waals surface area contributed by atoms with E-state index in [9.17, 15) is 0 Å². The number of benzene rings is 2. The van der Waals surface area contributed by atoms with E-state index in [0.29, 0.717) is 12.5 Å². The van der Waals surface area contributed by atoms with Gasteiger partial charge in [-0.1, -0.05) is 48.0 Å². The van der Waals surface area contributed by atoms with Crippen LogP contribution in [0.2, 0.25) is 0 Å². The van der Waals surface area contributed by atoms with Gasteiger partial charge in [-0.05, 0) is 26.8 Å². The first-order chi connectivity index (χ1) is 12.2. The minimum absolute atomic E-state index is 0.623. The van der Waals surface area contributed by atoms with Gasteiger partial charge in [0.15, 0.2) is 0 Å². The quantitative estimate of drug-likeness (QED) is 0.721. The fourth-order valence-corrected chi connectivity index (χ4v) is 3.01. The van der Waals surface area contributed by atoms with Crippen LogP contribution in [-0.4, -0.2) is 36.4 Å². The molecule has 1 heterocycles. The van der Waals surface area contributed by atoms with Crippen molar-refractivity contribution in [1.82, 2.24) is 10.2 Å². The molecule has 3 aromatic rings. The summed E-state index contributed by atoms with van der Waals surface area (Å²) in [6.07, 6.45) is 0. The molecule has 4 nitrogen and oxygen atoms in total. The Hall–Kier alpha value is -2.46. The number of rotatable bonds is 7. The first kappa shape index (κ1) is 17.4. The molecule has 0 spiro atoms. The van der Waals surface area contributed by atoms with Gasteiger partial charge in [0.1, 0.15) is 18.8 Å². The predicted molar refractivity (Wildman–Crippen MR) is 102 cm³/mol. The summed E-state index contributed by atoms with van der Waals surface area (Å²) < 4.78 is 5.97. The van der Waals surface area contributed by atoms with Gasteiger partial charge >= 0.3 is 0 Å². The number of quaternary nitrogens is 1. The molecule has 2 aromatic carbocycles. The molecule has 0 radical (unpaired) electrons. The Labute approximate surface area is 149 Å². The van der Waals surface area contributed by atoms with E-state index in [-0.39, 0.29) is 0 Å². The van der Waals surface area contributed by atoms with Crippen LogP contribution >= 0.6 is 0 Å². The van der Waals surface area contributed by atoms with E-state index >= 15 is 0 Å². The number of likely N-dealkylation sites (N-methyl/N-ethyl adjacent to an activating group) is 1. The Bertz CT molecular complexity index is 826. The molecule has 0 amide bonds. The number of ether oxygens (including phenoxy) is 1. The third kappa shape index (κ3) is 3.97. The Kier molecular flexibility index (Phi) is 5.61. The van der Waals surface area contributed by atoms with Gasteiger partial charge in [0.2, 0.25) is 5.88 Å². The van der Waals surface area contributed by atoms with Crippen LogP contribution in [0.3, 0.4) is 0 Å². The minimum atomic E-state index is 0.623. The lowest BCUT2D eigenvalue weighted by molar-refractivity contribution is -0.896. The fourth-order valence-electron chi connectivity index (χ4n) is 3.01. The summed E-state index contributed by atoms with van der Waals surface area (Å²) in [6.45, 7) is 10.3. The lowest BCUT2D eigenvalue weighted by Gasteiger charge is -2.16. The van der Waals surface area contributed by atoms with Crippen LogP contribution in [0.15, 0.2) is 48.5 Å². The molecule has 1 aromatic heterocycles. The zero-order valence-corrected chi connectivity index (χ0v) is 15.2. The summed E-state index contributed by atoms with van der Waals surface area (Å²) in [5.41, 5.74) is 3.21. The van der Waals surface area contributed by atoms with Crippen molar-refractivity contribution >= 4 is 10.8 Å². The molecule has 1 N–H and O–H groups in total. The first-order valence-corrected chi connectivity index (χ1v) is 9.01. The largest absolute Gasteiger partial charge is 0.470 e. The van der Waals surface area contributed by atoms with Crippen molar-refractivity contribution in [1.29, 1.82) is 0 Å². The first-order valence-electron chi connectivity index (χ1n) is 9.01. The summed E-state index contributed by atoms with van der Waals surface area (Å²) in [7, 11) is 0. The summed E-state index contributed by atoms with van der Waals surface area (Å²) >= 11 is 0. The van der Waals surface area contributed by atoms with Crippen LogP contribution in [0.4, 0.5) is 0 Å². The number of nitrogens with one attached hydrogen (secondary N) is 1. The zero-order valence-electron chi connectivity index (χ0n) is 15.2. The van der Waals surface area contributed by atoms with E-state index in [1.165, 1.54) is 10.5 Å². The van der Waals surface area contributed by atoms with E-state index in [4.69, 9.17) is 4.74 Å². The van der Waals surface area contributed by atoms with Gasteiger partial charge in [-0.3, -0.25) is 0 Å². The molecular weight excluding hydrogens is 310 g/mol. The highest BCUT2D eigenvalue weighted by Gasteiger charge is 2.12. The number of nitrogens with zero attached hydrogens (tertiary/aromatic N) is 2. The summed E-state index contributed by atoms with van der Waals surface area (Å²) in [4.78, 5) is 1.52. The average Bonchev–Trinajstić information content (AvgIpc) is 2.66. The third-order valence-electron chi connectivity index (χ3n) is 4.67. The number of hydrogen-bond donors (Lipinski definition) is 1. The maximum atomic E-state index is 5.97. The summed E-state index contributed by atoms with van der Waals surface area (Å²) in [6, 6.07) is 16.6. The summed E-state index contributed by atoms with van der Waals surface area (Å²) in [5, 5.41) is 10.9. The van der Waals surface area contributed by atoms with E-state index in [2.05, 4.69) is 67.4 Å². The van der Waals surface area contributed by atoms with E-state index in [1.54, 1.807) is 0 Å². The van der Waals surface area contributed by atoms with Crippen LogP contribution in [-0.2, 0) is 0 Å². The molecule has 25 heavy (non-hydrogen) atoms. The Balaban J connectivity index is 1.89. The number of aryl methyl sites for hydroxylation is 1. The smallest absolute Gasteiger partial charge is 0.241 e. The molecule has 0 aliphatic rings. The van der Waals surface area contributed by atoms with Crippen molar-refractivity contribution in [2.45, 2.75) is 20.8 Å². The SMILES string of the molecule is CC[NH+](CC)CCOc1nnc(-c2ccc(C)cc2)c2ccccc12. The molecule has 4 heteroatoms. The van der Waals surface area contributed by atoms with Gasteiger partial charge in [0, 0.05) is 16.3 Å². The van der Waals surface area contributed by atoms with Gasteiger partial charge in [-0.25, -0.2) is 0 Å². The molecule has 0 atom stereocenters. The number of aromatic nitrogens is 2. The molecule has 0 saturated heterocycles. The molecule has 0 fully saturated rings. The lowest BCUT2D eigenvalue weighted by Crippen LogP contribution is -3.12. The average molecular weight is 336 g/mol. The second kappa shape index (κ2) is 8.08. The van der Waals surface area contributed by atoms with Crippen LogP contribution in [0, 0.1) is 6.92 Å². The van der Waals surface area contributed by atoms with Crippen LogP contribution < -0.4 is 9.64 Å². The van der Waals surface area contributed by atoms with E-state index < -0.39 is 0 Å². The topological polar surface area (TPSA) is 39.5 Å². The van der Waals surface area contributed by atoms with Gasteiger partial charge in [-0.15, -0.1) is 10.2 Å².